The molecule has 4 nitrogen and oxygen atoms in total. The Bertz CT molecular complexity index is 289. The second-order valence-electron chi connectivity index (χ2n) is 2.77. The average molecular weight is 166 g/mol. The Morgan fingerprint density at radius 2 is 1.92 bits per heavy atom. The van der Waals surface area contributed by atoms with Crippen LogP contribution < -0.4 is 15.8 Å². The Hall–Kier alpha value is -1.58. The molecule has 1 aromatic rings. The van der Waals surface area contributed by atoms with Gasteiger partial charge in [0.2, 0.25) is 12.4 Å². The van der Waals surface area contributed by atoms with Crippen LogP contribution in [0.4, 0.5) is 4.79 Å². The van der Waals surface area contributed by atoms with E-state index in [0.717, 1.165) is 11.1 Å². The Labute approximate surface area is 71.0 Å². The molecule has 0 aliphatic carbocycles. The minimum Gasteiger partial charge on any atom is -0.347 e. The molecule has 12 heavy (non-hydrogen) atoms. The van der Waals surface area contributed by atoms with Crippen LogP contribution in [-0.4, -0.2) is 6.03 Å². The zero-order valence-electron chi connectivity index (χ0n) is 7.16. The van der Waals surface area contributed by atoms with Crippen LogP contribution in [0.25, 0.3) is 0 Å². The maximum atomic E-state index is 10.5. The number of pyridine rings is 1. The van der Waals surface area contributed by atoms with Crippen molar-refractivity contribution in [2.45, 2.75) is 13.8 Å². The number of nitrogens with one attached hydrogen (secondary N) is 1. The van der Waals surface area contributed by atoms with Crippen molar-refractivity contribution in [2.75, 3.05) is 5.43 Å². The van der Waals surface area contributed by atoms with E-state index in [1.165, 1.54) is 0 Å². The van der Waals surface area contributed by atoms with Crippen LogP contribution in [0.2, 0.25) is 0 Å². The van der Waals surface area contributed by atoms with Gasteiger partial charge in [-0.05, 0) is 19.9 Å². The molecule has 0 unspecified atom stereocenters. The molecule has 0 fully saturated rings. The number of hydrogen-bond acceptors (Lipinski definition) is 1. The molecule has 0 saturated heterocycles. The first-order chi connectivity index (χ1) is 5.58. The topological polar surface area (TPSA) is 59.0 Å². The van der Waals surface area contributed by atoms with Crippen molar-refractivity contribution in [3.8, 4) is 0 Å². The van der Waals surface area contributed by atoms with Crippen LogP contribution in [0.3, 0.4) is 0 Å². The normalized spacial score (nSPS) is 9.50. The largest absolute Gasteiger partial charge is 0.365 e. The minimum atomic E-state index is -0.565. The molecule has 1 aromatic heterocycles. The third-order valence-electron chi connectivity index (χ3n) is 1.38. The quantitative estimate of drug-likeness (QED) is 0.576. The summed E-state index contributed by atoms with van der Waals surface area (Å²) in [5.41, 5.74) is 9.54. The maximum absolute atomic E-state index is 10.5. The van der Waals surface area contributed by atoms with Crippen molar-refractivity contribution in [1.29, 1.82) is 0 Å². The fourth-order valence-corrected chi connectivity index (χ4v) is 1.10. The lowest BCUT2D eigenvalue weighted by Crippen LogP contribution is -2.50. The third kappa shape index (κ3) is 2.23. The van der Waals surface area contributed by atoms with Crippen LogP contribution in [0.15, 0.2) is 18.5 Å². The van der Waals surface area contributed by atoms with E-state index in [-0.39, 0.29) is 0 Å². The van der Waals surface area contributed by atoms with E-state index in [1.807, 2.05) is 19.9 Å². The van der Waals surface area contributed by atoms with E-state index in [4.69, 9.17) is 5.73 Å². The molecule has 0 atom stereocenters. The molecule has 0 bridgehead atoms. The van der Waals surface area contributed by atoms with Gasteiger partial charge in [0.25, 0.3) is 0 Å². The molecule has 2 amide bonds. The lowest BCUT2D eigenvalue weighted by atomic mass is 10.2. The van der Waals surface area contributed by atoms with Crippen LogP contribution in [0.5, 0.6) is 0 Å². The van der Waals surface area contributed by atoms with Gasteiger partial charge < -0.3 is 5.73 Å². The molecule has 0 saturated carbocycles. The molecule has 3 N–H and O–H groups in total. The Kier molecular flexibility index (Phi) is 2.28. The number of hydrogen-bond donors (Lipinski definition) is 2. The summed E-state index contributed by atoms with van der Waals surface area (Å²) in [6.45, 7) is 3.90. The molecule has 0 spiro atoms. The smallest absolute Gasteiger partial charge is 0.347 e. The Morgan fingerprint density at radius 1 is 1.42 bits per heavy atom. The minimum absolute atomic E-state index is 0.565. The van der Waals surface area contributed by atoms with Crippen LogP contribution in [0, 0.1) is 13.8 Å². The summed E-state index contributed by atoms with van der Waals surface area (Å²) in [5.74, 6) is 0. The van der Waals surface area contributed by atoms with Gasteiger partial charge in [-0.3, -0.25) is 0 Å². The van der Waals surface area contributed by atoms with Gasteiger partial charge in [-0.15, -0.1) is 5.43 Å². The second kappa shape index (κ2) is 3.21. The number of rotatable bonds is 1. The van der Waals surface area contributed by atoms with E-state index in [1.54, 1.807) is 17.1 Å². The summed E-state index contributed by atoms with van der Waals surface area (Å²) >= 11 is 0. The molecular formula is C8H12N3O+. The summed E-state index contributed by atoms with van der Waals surface area (Å²) in [5, 5.41) is 0. The summed E-state index contributed by atoms with van der Waals surface area (Å²) in [6.07, 6.45) is 3.58. The van der Waals surface area contributed by atoms with Gasteiger partial charge >= 0.3 is 6.03 Å². The summed E-state index contributed by atoms with van der Waals surface area (Å²) in [4.78, 5) is 10.5. The highest BCUT2D eigenvalue weighted by molar-refractivity contribution is 5.77. The maximum Gasteiger partial charge on any atom is 0.365 e. The van der Waals surface area contributed by atoms with E-state index >= 15 is 0 Å². The lowest BCUT2D eigenvalue weighted by molar-refractivity contribution is -0.642. The number of nitrogens with zero attached hydrogens (tertiary/aromatic N) is 1. The number of urea groups is 1. The zero-order valence-corrected chi connectivity index (χ0v) is 7.16. The average Bonchev–Trinajstić information content (AvgIpc) is 1.81. The first-order valence-corrected chi connectivity index (χ1v) is 3.64. The summed E-state index contributed by atoms with van der Waals surface area (Å²) in [7, 11) is 0. The molecule has 4 heteroatoms. The van der Waals surface area contributed by atoms with Crippen molar-refractivity contribution in [1.82, 2.24) is 0 Å². The predicted octanol–water partition coefficient (Wildman–Crippen LogP) is 0.213. The van der Waals surface area contributed by atoms with Gasteiger partial charge in [-0.25, -0.2) is 4.79 Å². The molecule has 64 valence electrons. The molecular weight excluding hydrogens is 154 g/mol. The number of primary amides is 1. The number of aryl methyl sites for hydroxylation is 2. The molecule has 1 heterocycles. The Morgan fingerprint density at radius 3 is 2.33 bits per heavy atom. The number of aromatic nitrogens is 1. The monoisotopic (exact) mass is 166 g/mol. The number of nitrogens with two attached hydrogens (primary N) is 1. The van der Waals surface area contributed by atoms with E-state index < -0.39 is 6.03 Å². The van der Waals surface area contributed by atoms with Crippen molar-refractivity contribution in [3.05, 3.63) is 29.6 Å². The van der Waals surface area contributed by atoms with Gasteiger partial charge in [-0.2, -0.15) is 0 Å². The molecule has 1 rings (SSSR count). The van der Waals surface area contributed by atoms with Crippen LogP contribution >= 0.6 is 0 Å². The fourth-order valence-electron chi connectivity index (χ4n) is 1.10. The van der Waals surface area contributed by atoms with Gasteiger partial charge in [-0.1, -0.05) is 4.68 Å². The predicted molar refractivity (Wildman–Crippen MR) is 45.1 cm³/mol. The van der Waals surface area contributed by atoms with E-state index in [0.29, 0.717) is 0 Å². The second-order valence-corrected chi connectivity index (χ2v) is 2.77. The van der Waals surface area contributed by atoms with E-state index in [9.17, 15) is 4.79 Å². The summed E-state index contributed by atoms with van der Waals surface area (Å²) in [6, 6.07) is 1.45. The van der Waals surface area contributed by atoms with Crippen LogP contribution in [-0.2, 0) is 0 Å². The highest BCUT2D eigenvalue weighted by Gasteiger charge is 2.04. The Balaban J connectivity index is 2.93. The van der Waals surface area contributed by atoms with Gasteiger partial charge in [0, 0.05) is 11.1 Å². The molecule has 0 radical (unpaired) electrons. The fraction of sp³-hybridized carbons (Fsp3) is 0.250. The van der Waals surface area contributed by atoms with Crippen molar-refractivity contribution in [2.24, 2.45) is 5.73 Å². The van der Waals surface area contributed by atoms with Gasteiger partial charge in [0.05, 0.1) is 0 Å². The highest BCUT2D eigenvalue weighted by Crippen LogP contribution is 1.95. The van der Waals surface area contributed by atoms with E-state index in [2.05, 4.69) is 5.43 Å². The van der Waals surface area contributed by atoms with Gasteiger partial charge in [0.15, 0.2) is 0 Å². The lowest BCUT2D eigenvalue weighted by Gasteiger charge is -1.96. The van der Waals surface area contributed by atoms with Gasteiger partial charge in [0.1, 0.15) is 0 Å². The third-order valence-corrected chi connectivity index (χ3v) is 1.38. The zero-order chi connectivity index (χ0) is 9.14. The SMILES string of the molecule is Cc1cc(C)c[n+](NC(N)=O)c1. The first-order valence-electron chi connectivity index (χ1n) is 3.64. The van der Waals surface area contributed by atoms with Crippen LogP contribution in [0.1, 0.15) is 11.1 Å². The number of carbonyl (C=O) groups excluding carboxylic acids is 1. The summed E-state index contributed by atoms with van der Waals surface area (Å²) < 4.78 is 1.55. The van der Waals surface area contributed by atoms with Crippen molar-refractivity contribution < 1.29 is 9.47 Å². The van der Waals surface area contributed by atoms with Crippen molar-refractivity contribution in [3.63, 3.8) is 0 Å². The van der Waals surface area contributed by atoms with Crippen molar-refractivity contribution >= 4 is 6.03 Å². The molecule has 0 aromatic carbocycles. The molecule has 0 aliphatic rings. The first kappa shape index (κ1) is 8.52. The number of amides is 2. The number of carbonyl (C=O) groups is 1. The molecule has 0 aliphatic heterocycles. The highest BCUT2D eigenvalue weighted by atomic mass is 16.2. The standard InChI is InChI=1S/C8H11N3O/c1-6-3-7(2)5-11(4-6)10-8(9)12/h3-5H,1-2H3,(H2-,9,10,12)/p+1.